The van der Waals surface area contributed by atoms with Gasteiger partial charge in [-0.25, -0.2) is 4.98 Å². The molecule has 1 saturated heterocycles. The smallest absolute Gasteiger partial charge is 0.0922 e. The average Bonchev–Trinajstić information content (AvgIpc) is 2.74. The van der Waals surface area contributed by atoms with Gasteiger partial charge >= 0.3 is 0 Å². The summed E-state index contributed by atoms with van der Waals surface area (Å²) in [6.07, 6.45) is 4.87. The maximum atomic E-state index is 4.00. The van der Waals surface area contributed by atoms with E-state index in [1.165, 1.54) is 12.1 Å². The molecule has 1 unspecified atom stereocenters. The molecule has 1 aliphatic heterocycles. The fourth-order valence-corrected chi connectivity index (χ4v) is 1.78. The second-order valence-corrected chi connectivity index (χ2v) is 3.64. The number of aromatic nitrogens is 2. The summed E-state index contributed by atoms with van der Waals surface area (Å²) < 4.78 is 0. The van der Waals surface area contributed by atoms with Gasteiger partial charge in [-0.2, -0.15) is 0 Å². The zero-order chi connectivity index (χ0) is 9.10. The predicted octanol–water partition coefficient (Wildman–Crippen LogP) is 0.203. The summed E-state index contributed by atoms with van der Waals surface area (Å²) >= 11 is 0. The van der Waals surface area contributed by atoms with Crippen LogP contribution in [0.3, 0.4) is 0 Å². The van der Waals surface area contributed by atoms with Gasteiger partial charge in [0.15, 0.2) is 0 Å². The van der Waals surface area contributed by atoms with Crippen molar-refractivity contribution in [1.29, 1.82) is 0 Å². The third-order valence-corrected chi connectivity index (χ3v) is 2.63. The fraction of sp³-hybridized carbons (Fsp3) is 0.667. The first-order valence-corrected chi connectivity index (χ1v) is 4.74. The van der Waals surface area contributed by atoms with Crippen molar-refractivity contribution in [1.82, 2.24) is 20.2 Å². The van der Waals surface area contributed by atoms with Gasteiger partial charge in [0.1, 0.15) is 0 Å². The van der Waals surface area contributed by atoms with Crippen LogP contribution in [0.25, 0.3) is 0 Å². The minimum atomic E-state index is 0.684. The zero-order valence-electron chi connectivity index (χ0n) is 7.95. The first kappa shape index (κ1) is 8.72. The lowest BCUT2D eigenvalue weighted by molar-refractivity contribution is 0.246. The Balaban J connectivity index is 1.87. The van der Waals surface area contributed by atoms with Crippen LogP contribution in [0.5, 0.6) is 0 Å². The van der Waals surface area contributed by atoms with Gasteiger partial charge in [-0.15, -0.1) is 0 Å². The van der Waals surface area contributed by atoms with Gasteiger partial charge in [-0.3, -0.25) is 4.90 Å². The molecule has 0 amide bonds. The number of rotatable bonds is 3. The van der Waals surface area contributed by atoms with Crippen LogP contribution in [0.1, 0.15) is 12.1 Å². The largest absolute Gasteiger partial charge is 0.347 e. The van der Waals surface area contributed by atoms with Crippen LogP contribution in [0.4, 0.5) is 0 Å². The van der Waals surface area contributed by atoms with Crippen LogP contribution in [-0.2, 0) is 6.54 Å². The Labute approximate surface area is 78.4 Å². The van der Waals surface area contributed by atoms with Crippen LogP contribution < -0.4 is 5.32 Å². The molecule has 13 heavy (non-hydrogen) atoms. The Morgan fingerprint density at radius 3 is 3.23 bits per heavy atom. The van der Waals surface area contributed by atoms with E-state index in [2.05, 4.69) is 27.2 Å². The molecule has 1 aliphatic rings. The van der Waals surface area contributed by atoms with E-state index in [1.54, 1.807) is 6.33 Å². The predicted molar refractivity (Wildman–Crippen MR) is 51.3 cm³/mol. The number of likely N-dealkylation sites (N-methyl/N-ethyl adjacent to an activating group) is 1. The first-order valence-electron chi connectivity index (χ1n) is 4.74. The Bertz CT molecular complexity index is 238. The standard InChI is InChI=1S/C9H16N4/c1-13(9-2-3-10-5-9)6-8-4-11-7-12-8/h4,7,9-10H,2-3,5-6H2,1H3,(H,11,12). The summed E-state index contributed by atoms with van der Waals surface area (Å²) in [6.45, 7) is 3.23. The minimum Gasteiger partial charge on any atom is -0.347 e. The molecule has 1 aromatic heterocycles. The minimum absolute atomic E-state index is 0.684. The average molecular weight is 180 g/mol. The molecule has 0 aliphatic carbocycles. The lowest BCUT2D eigenvalue weighted by Crippen LogP contribution is -2.32. The van der Waals surface area contributed by atoms with Crippen molar-refractivity contribution in [2.24, 2.45) is 0 Å². The molecule has 2 N–H and O–H groups in total. The van der Waals surface area contributed by atoms with Crippen LogP contribution in [0.2, 0.25) is 0 Å². The Hall–Kier alpha value is -0.870. The molecule has 0 saturated carbocycles. The molecule has 0 radical (unpaired) electrons. The van der Waals surface area contributed by atoms with Crippen LogP contribution in [0, 0.1) is 0 Å². The van der Waals surface area contributed by atoms with Crippen molar-refractivity contribution in [2.45, 2.75) is 19.0 Å². The zero-order valence-corrected chi connectivity index (χ0v) is 7.95. The maximum absolute atomic E-state index is 4.00. The highest BCUT2D eigenvalue weighted by Crippen LogP contribution is 2.08. The molecule has 4 nitrogen and oxygen atoms in total. The van der Waals surface area contributed by atoms with E-state index in [-0.39, 0.29) is 0 Å². The van der Waals surface area contributed by atoms with Gasteiger partial charge in [-0.1, -0.05) is 0 Å². The Kier molecular flexibility index (Phi) is 2.61. The highest BCUT2D eigenvalue weighted by atomic mass is 15.2. The topological polar surface area (TPSA) is 44.0 Å². The molecule has 2 rings (SSSR count). The monoisotopic (exact) mass is 180 g/mol. The highest BCUT2D eigenvalue weighted by Gasteiger charge is 2.18. The summed E-state index contributed by atoms with van der Waals surface area (Å²) in [5, 5.41) is 3.37. The Morgan fingerprint density at radius 2 is 2.62 bits per heavy atom. The Morgan fingerprint density at radius 1 is 1.69 bits per heavy atom. The number of aromatic amines is 1. The third-order valence-electron chi connectivity index (χ3n) is 2.63. The number of nitrogens with one attached hydrogen (secondary N) is 2. The summed E-state index contributed by atoms with van der Waals surface area (Å²) in [6, 6.07) is 0.684. The van der Waals surface area contributed by atoms with Gasteiger partial charge in [0.2, 0.25) is 0 Å². The highest BCUT2D eigenvalue weighted by molar-refractivity contribution is 4.95. The summed E-state index contributed by atoms with van der Waals surface area (Å²) in [7, 11) is 2.17. The van der Waals surface area contributed by atoms with Gasteiger partial charge in [0, 0.05) is 31.0 Å². The SMILES string of the molecule is CN(Cc1cnc[nH]1)C1CCNC1. The van der Waals surface area contributed by atoms with Crippen molar-refractivity contribution < 1.29 is 0 Å². The van der Waals surface area contributed by atoms with E-state index in [0.717, 1.165) is 19.6 Å². The summed E-state index contributed by atoms with van der Waals surface area (Å²) in [4.78, 5) is 9.49. The quantitative estimate of drug-likeness (QED) is 0.698. The van der Waals surface area contributed by atoms with Crippen LogP contribution in [-0.4, -0.2) is 41.0 Å². The second kappa shape index (κ2) is 3.89. The van der Waals surface area contributed by atoms with Crippen LogP contribution in [0.15, 0.2) is 12.5 Å². The molecule has 72 valence electrons. The maximum Gasteiger partial charge on any atom is 0.0922 e. The normalized spacial score (nSPS) is 22.8. The van der Waals surface area contributed by atoms with Crippen LogP contribution >= 0.6 is 0 Å². The lowest BCUT2D eigenvalue weighted by atomic mass is 10.2. The third kappa shape index (κ3) is 2.08. The lowest BCUT2D eigenvalue weighted by Gasteiger charge is -2.22. The second-order valence-electron chi connectivity index (χ2n) is 3.64. The van der Waals surface area contributed by atoms with Gasteiger partial charge in [0.25, 0.3) is 0 Å². The summed E-state index contributed by atoms with van der Waals surface area (Å²) in [5.74, 6) is 0. The van der Waals surface area contributed by atoms with Gasteiger partial charge in [0.05, 0.1) is 6.33 Å². The molecule has 4 heteroatoms. The molecule has 1 aromatic rings. The van der Waals surface area contributed by atoms with E-state index < -0.39 is 0 Å². The van der Waals surface area contributed by atoms with Crippen molar-refractivity contribution in [2.75, 3.05) is 20.1 Å². The van der Waals surface area contributed by atoms with Crippen molar-refractivity contribution in [3.63, 3.8) is 0 Å². The number of hydrogen-bond donors (Lipinski definition) is 2. The molecule has 0 aromatic carbocycles. The molecular formula is C9H16N4. The molecule has 1 fully saturated rings. The van der Waals surface area contributed by atoms with E-state index >= 15 is 0 Å². The van der Waals surface area contributed by atoms with E-state index in [1.807, 2.05) is 6.20 Å². The van der Waals surface area contributed by atoms with Gasteiger partial charge in [-0.05, 0) is 20.0 Å². The molecule has 2 heterocycles. The van der Waals surface area contributed by atoms with E-state index in [9.17, 15) is 0 Å². The van der Waals surface area contributed by atoms with Crippen molar-refractivity contribution in [3.05, 3.63) is 18.2 Å². The number of hydrogen-bond acceptors (Lipinski definition) is 3. The molecule has 0 bridgehead atoms. The molecular weight excluding hydrogens is 164 g/mol. The molecule has 0 spiro atoms. The van der Waals surface area contributed by atoms with E-state index in [4.69, 9.17) is 0 Å². The molecule has 1 atom stereocenters. The fourth-order valence-electron chi connectivity index (χ4n) is 1.78. The number of nitrogens with zero attached hydrogens (tertiary/aromatic N) is 2. The van der Waals surface area contributed by atoms with Crippen molar-refractivity contribution >= 4 is 0 Å². The van der Waals surface area contributed by atoms with E-state index in [0.29, 0.717) is 6.04 Å². The number of H-pyrrole nitrogens is 1. The van der Waals surface area contributed by atoms with Gasteiger partial charge < -0.3 is 10.3 Å². The summed E-state index contributed by atoms with van der Waals surface area (Å²) in [5.41, 5.74) is 1.19. The van der Waals surface area contributed by atoms with Crippen molar-refractivity contribution in [3.8, 4) is 0 Å². The number of imidazole rings is 1. The first-order chi connectivity index (χ1) is 6.36.